The van der Waals surface area contributed by atoms with E-state index in [2.05, 4.69) is 4.98 Å². The van der Waals surface area contributed by atoms with E-state index in [1.54, 1.807) is 24.0 Å². The van der Waals surface area contributed by atoms with Gasteiger partial charge >= 0.3 is 5.97 Å². The van der Waals surface area contributed by atoms with Crippen molar-refractivity contribution in [3.8, 4) is 10.6 Å². The minimum atomic E-state index is -0.290. The van der Waals surface area contributed by atoms with Gasteiger partial charge < -0.3 is 9.64 Å². The minimum absolute atomic E-state index is 0.0324. The molecular formula is C19H21FN2O3S. The highest BCUT2D eigenvalue weighted by Crippen LogP contribution is 2.25. The van der Waals surface area contributed by atoms with E-state index in [9.17, 15) is 14.0 Å². The fraction of sp³-hybridized carbons (Fsp3) is 0.421. The summed E-state index contributed by atoms with van der Waals surface area (Å²) in [5, 5.41) is 2.61. The van der Waals surface area contributed by atoms with Crippen LogP contribution in [-0.2, 0) is 20.7 Å². The van der Waals surface area contributed by atoms with E-state index in [1.165, 1.54) is 23.5 Å². The van der Waals surface area contributed by atoms with Gasteiger partial charge in [-0.25, -0.2) is 9.37 Å². The monoisotopic (exact) mass is 376 g/mol. The van der Waals surface area contributed by atoms with Crippen molar-refractivity contribution in [1.29, 1.82) is 0 Å². The Morgan fingerprint density at radius 2 is 2.12 bits per heavy atom. The fourth-order valence-electron chi connectivity index (χ4n) is 3.04. The molecule has 2 heterocycles. The number of hydrogen-bond donors (Lipinski definition) is 0. The molecule has 0 saturated carbocycles. The fourth-order valence-corrected chi connectivity index (χ4v) is 3.86. The summed E-state index contributed by atoms with van der Waals surface area (Å²) >= 11 is 1.43. The van der Waals surface area contributed by atoms with Crippen LogP contribution < -0.4 is 0 Å². The summed E-state index contributed by atoms with van der Waals surface area (Å²) in [6.07, 6.45) is 1.76. The van der Waals surface area contributed by atoms with Gasteiger partial charge in [0.2, 0.25) is 5.91 Å². The molecule has 1 fully saturated rings. The summed E-state index contributed by atoms with van der Waals surface area (Å²) in [6, 6.07) is 6.14. The molecule has 0 bridgehead atoms. The molecule has 1 aliphatic rings. The summed E-state index contributed by atoms with van der Waals surface area (Å²) in [7, 11) is 0. The van der Waals surface area contributed by atoms with Gasteiger partial charge in [0.05, 0.1) is 24.6 Å². The molecule has 1 saturated heterocycles. The predicted octanol–water partition coefficient (Wildman–Crippen LogP) is 3.29. The Hall–Kier alpha value is -2.28. The Bertz CT molecular complexity index is 775. The average Bonchev–Trinajstić information content (AvgIpc) is 3.11. The topological polar surface area (TPSA) is 59.5 Å². The standard InChI is InChI=1S/C19H21FN2O3S/c1-2-25-19(24)14-4-3-9-22(11-14)17(23)10-16-12-26-18(21-16)13-5-7-15(20)8-6-13/h5-8,12,14H,2-4,9-11H2,1H3/t14-/m0/s1. The van der Waals surface area contributed by atoms with Gasteiger partial charge in [-0.05, 0) is 44.0 Å². The molecule has 7 heteroatoms. The largest absolute Gasteiger partial charge is 0.466 e. The third-order valence-corrected chi connectivity index (χ3v) is 5.31. The lowest BCUT2D eigenvalue weighted by molar-refractivity contribution is -0.151. The summed E-state index contributed by atoms with van der Waals surface area (Å²) < 4.78 is 18.1. The number of aromatic nitrogens is 1. The van der Waals surface area contributed by atoms with Gasteiger partial charge in [0.15, 0.2) is 0 Å². The molecule has 1 aliphatic heterocycles. The number of benzene rings is 1. The summed E-state index contributed by atoms with van der Waals surface area (Å²) in [6.45, 7) is 3.20. The second-order valence-electron chi connectivity index (χ2n) is 6.26. The number of carbonyl (C=O) groups excluding carboxylic acids is 2. The Kier molecular flexibility index (Phi) is 5.98. The lowest BCUT2D eigenvalue weighted by atomic mass is 9.98. The lowest BCUT2D eigenvalue weighted by Crippen LogP contribution is -2.43. The van der Waals surface area contributed by atoms with Crippen LogP contribution >= 0.6 is 11.3 Å². The van der Waals surface area contributed by atoms with Gasteiger partial charge in [-0.2, -0.15) is 0 Å². The van der Waals surface area contributed by atoms with Crippen LogP contribution in [0.15, 0.2) is 29.6 Å². The van der Waals surface area contributed by atoms with Crippen LogP contribution in [0, 0.1) is 11.7 Å². The first-order valence-electron chi connectivity index (χ1n) is 8.71. The van der Waals surface area contributed by atoms with E-state index in [4.69, 9.17) is 4.74 Å². The van der Waals surface area contributed by atoms with E-state index < -0.39 is 0 Å². The first-order chi connectivity index (χ1) is 12.6. The molecule has 138 valence electrons. The van der Waals surface area contributed by atoms with Gasteiger partial charge in [-0.15, -0.1) is 11.3 Å². The summed E-state index contributed by atoms with van der Waals surface area (Å²) in [4.78, 5) is 30.7. The number of hydrogen-bond acceptors (Lipinski definition) is 5. The van der Waals surface area contributed by atoms with E-state index in [0.29, 0.717) is 25.4 Å². The van der Waals surface area contributed by atoms with Crippen LogP contribution in [0.4, 0.5) is 4.39 Å². The number of thiazole rings is 1. The zero-order chi connectivity index (χ0) is 18.5. The Morgan fingerprint density at radius 3 is 2.85 bits per heavy atom. The van der Waals surface area contributed by atoms with E-state index >= 15 is 0 Å². The number of ether oxygens (including phenoxy) is 1. The molecule has 1 aromatic heterocycles. The Morgan fingerprint density at radius 1 is 1.35 bits per heavy atom. The van der Waals surface area contributed by atoms with Crippen molar-refractivity contribution in [2.24, 2.45) is 5.92 Å². The summed E-state index contributed by atoms with van der Waals surface area (Å²) in [5.74, 6) is -0.785. The van der Waals surface area contributed by atoms with Crippen LogP contribution in [0.25, 0.3) is 10.6 Å². The van der Waals surface area contributed by atoms with E-state index in [1.807, 2.05) is 5.38 Å². The molecule has 0 unspecified atom stereocenters. The molecule has 1 amide bonds. The highest BCUT2D eigenvalue weighted by Gasteiger charge is 2.29. The zero-order valence-corrected chi connectivity index (χ0v) is 15.4. The lowest BCUT2D eigenvalue weighted by Gasteiger charge is -2.31. The third-order valence-electron chi connectivity index (χ3n) is 4.37. The zero-order valence-electron chi connectivity index (χ0n) is 14.6. The van der Waals surface area contributed by atoms with Crippen molar-refractivity contribution < 1.29 is 18.7 Å². The quantitative estimate of drug-likeness (QED) is 0.752. The number of likely N-dealkylation sites (tertiary alicyclic amines) is 1. The molecule has 1 atom stereocenters. The molecule has 0 spiro atoms. The maximum Gasteiger partial charge on any atom is 0.310 e. The van der Waals surface area contributed by atoms with E-state index in [0.717, 1.165) is 23.4 Å². The van der Waals surface area contributed by atoms with Crippen molar-refractivity contribution in [1.82, 2.24) is 9.88 Å². The number of piperidine rings is 1. The van der Waals surface area contributed by atoms with Crippen molar-refractivity contribution >= 4 is 23.2 Å². The van der Waals surface area contributed by atoms with Crippen LogP contribution in [0.5, 0.6) is 0 Å². The second-order valence-corrected chi connectivity index (χ2v) is 7.12. The maximum atomic E-state index is 13.0. The molecular weight excluding hydrogens is 355 g/mol. The molecule has 0 N–H and O–H groups in total. The highest BCUT2D eigenvalue weighted by atomic mass is 32.1. The average molecular weight is 376 g/mol. The van der Waals surface area contributed by atoms with Crippen molar-refractivity contribution in [3.63, 3.8) is 0 Å². The normalized spacial score (nSPS) is 17.2. The number of nitrogens with zero attached hydrogens (tertiary/aromatic N) is 2. The van der Waals surface area contributed by atoms with Crippen molar-refractivity contribution in [3.05, 3.63) is 41.2 Å². The van der Waals surface area contributed by atoms with Crippen LogP contribution in [0.2, 0.25) is 0 Å². The highest BCUT2D eigenvalue weighted by molar-refractivity contribution is 7.13. The Balaban J connectivity index is 1.61. The van der Waals surface area contributed by atoms with Crippen LogP contribution in [-0.4, -0.2) is 41.5 Å². The third kappa shape index (κ3) is 4.46. The predicted molar refractivity (Wildman–Crippen MR) is 97.1 cm³/mol. The van der Waals surface area contributed by atoms with Gasteiger partial charge in [0, 0.05) is 24.0 Å². The van der Waals surface area contributed by atoms with Gasteiger partial charge in [0.1, 0.15) is 10.8 Å². The van der Waals surface area contributed by atoms with Gasteiger partial charge in [-0.1, -0.05) is 0 Å². The van der Waals surface area contributed by atoms with E-state index in [-0.39, 0.29) is 30.0 Å². The first-order valence-corrected chi connectivity index (χ1v) is 9.59. The summed E-state index contributed by atoms with van der Waals surface area (Å²) in [5.41, 5.74) is 1.52. The Labute approximate surface area is 155 Å². The molecule has 26 heavy (non-hydrogen) atoms. The minimum Gasteiger partial charge on any atom is -0.466 e. The van der Waals surface area contributed by atoms with Gasteiger partial charge in [-0.3, -0.25) is 9.59 Å². The van der Waals surface area contributed by atoms with Crippen LogP contribution in [0.1, 0.15) is 25.5 Å². The number of halogens is 1. The molecule has 1 aromatic carbocycles. The van der Waals surface area contributed by atoms with Crippen LogP contribution in [0.3, 0.4) is 0 Å². The number of rotatable bonds is 5. The number of carbonyl (C=O) groups is 2. The number of esters is 1. The SMILES string of the molecule is CCOC(=O)[C@H]1CCCN(C(=O)Cc2csc(-c3ccc(F)cc3)n2)C1. The molecule has 0 radical (unpaired) electrons. The molecule has 2 aromatic rings. The molecule has 5 nitrogen and oxygen atoms in total. The number of amides is 1. The molecule has 3 rings (SSSR count). The molecule has 0 aliphatic carbocycles. The first kappa shape index (κ1) is 18.5. The second kappa shape index (κ2) is 8.40. The smallest absolute Gasteiger partial charge is 0.310 e. The van der Waals surface area contributed by atoms with Crippen molar-refractivity contribution in [2.75, 3.05) is 19.7 Å². The van der Waals surface area contributed by atoms with Gasteiger partial charge in [0.25, 0.3) is 0 Å². The maximum absolute atomic E-state index is 13.0. The van der Waals surface area contributed by atoms with Crippen molar-refractivity contribution in [2.45, 2.75) is 26.2 Å².